The van der Waals surface area contributed by atoms with Crippen LogP contribution in [0.1, 0.15) is 33.6 Å². The molecule has 0 saturated carbocycles. The van der Waals surface area contributed by atoms with Crippen molar-refractivity contribution >= 4 is 5.91 Å². The normalized spacial score (nSPS) is 25.4. The Kier molecular flexibility index (Phi) is 4.70. The highest BCUT2D eigenvalue weighted by atomic mass is 16.7. The standard InChI is InChI=1S/C11H21NO4/c1-8(13)4-5-10(14)12-6-9-7-15-11(2,3)16-9/h8-9,13H,4-7H2,1-3H3,(H,12,14). The third-order valence-corrected chi connectivity index (χ3v) is 2.38. The Hall–Kier alpha value is -0.650. The van der Waals surface area contributed by atoms with Gasteiger partial charge < -0.3 is 19.9 Å². The number of amides is 1. The van der Waals surface area contributed by atoms with E-state index in [0.717, 1.165) is 0 Å². The molecular formula is C11H21NO4. The van der Waals surface area contributed by atoms with Crippen LogP contribution in [0.5, 0.6) is 0 Å². The highest BCUT2D eigenvalue weighted by molar-refractivity contribution is 5.75. The van der Waals surface area contributed by atoms with Gasteiger partial charge in [-0.05, 0) is 27.2 Å². The maximum atomic E-state index is 11.3. The van der Waals surface area contributed by atoms with Crippen LogP contribution < -0.4 is 5.32 Å². The predicted octanol–water partition coefficient (Wildman–Crippen LogP) is 0.415. The fourth-order valence-corrected chi connectivity index (χ4v) is 1.52. The fourth-order valence-electron chi connectivity index (χ4n) is 1.52. The summed E-state index contributed by atoms with van der Waals surface area (Å²) in [4.78, 5) is 11.3. The van der Waals surface area contributed by atoms with Crippen molar-refractivity contribution in [1.82, 2.24) is 5.32 Å². The lowest BCUT2D eigenvalue weighted by Gasteiger charge is -2.17. The van der Waals surface area contributed by atoms with Crippen molar-refractivity contribution in [3.05, 3.63) is 0 Å². The SMILES string of the molecule is CC(O)CCC(=O)NCC1COC(C)(C)O1. The molecule has 5 nitrogen and oxygen atoms in total. The van der Waals surface area contributed by atoms with Crippen LogP contribution in [0, 0.1) is 0 Å². The summed E-state index contributed by atoms with van der Waals surface area (Å²) < 4.78 is 10.9. The Morgan fingerprint density at radius 1 is 1.62 bits per heavy atom. The van der Waals surface area contributed by atoms with Gasteiger partial charge in [0.25, 0.3) is 0 Å². The fraction of sp³-hybridized carbons (Fsp3) is 0.909. The van der Waals surface area contributed by atoms with Crippen molar-refractivity contribution in [3.8, 4) is 0 Å². The Morgan fingerprint density at radius 3 is 2.81 bits per heavy atom. The van der Waals surface area contributed by atoms with Crippen LogP contribution in [0.3, 0.4) is 0 Å². The van der Waals surface area contributed by atoms with Crippen molar-refractivity contribution in [1.29, 1.82) is 0 Å². The third kappa shape index (κ3) is 4.92. The predicted molar refractivity (Wildman–Crippen MR) is 58.8 cm³/mol. The molecule has 0 aromatic heterocycles. The molecule has 16 heavy (non-hydrogen) atoms. The number of rotatable bonds is 5. The van der Waals surface area contributed by atoms with Crippen molar-refractivity contribution in [2.45, 2.75) is 51.6 Å². The number of ether oxygens (including phenoxy) is 2. The van der Waals surface area contributed by atoms with Crippen LogP contribution in [0.25, 0.3) is 0 Å². The highest BCUT2D eigenvalue weighted by Crippen LogP contribution is 2.21. The molecule has 1 amide bonds. The first-order valence-electron chi connectivity index (χ1n) is 5.65. The molecule has 2 atom stereocenters. The Bertz CT molecular complexity index is 240. The van der Waals surface area contributed by atoms with E-state index in [1.807, 2.05) is 13.8 Å². The topological polar surface area (TPSA) is 67.8 Å². The van der Waals surface area contributed by atoms with E-state index in [0.29, 0.717) is 26.0 Å². The number of hydrogen-bond donors (Lipinski definition) is 2. The molecule has 0 bridgehead atoms. The second-order valence-electron chi connectivity index (χ2n) is 4.64. The molecule has 5 heteroatoms. The minimum Gasteiger partial charge on any atom is -0.393 e. The maximum Gasteiger partial charge on any atom is 0.220 e. The summed E-state index contributed by atoms with van der Waals surface area (Å²) in [5, 5.41) is 11.8. The zero-order valence-electron chi connectivity index (χ0n) is 10.2. The smallest absolute Gasteiger partial charge is 0.220 e. The Morgan fingerprint density at radius 2 is 2.31 bits per heavy atom. The summed E-state index contributed by atoms with van der Waals surface area (Å²) in [7, 11) is 0. The number of aliphatic hydroxyl groups excluding tert-OH is 1. The van der Waals surface area contributed by atoms with Crippen LogP contribution in [-0.2, 0) is 14.3 Å². The molecule has 1 fully saturated rings. The number of nitrogens with one attached hydrogen (secondary N) is 1. The zero-order valence-corrected chi connectivity index (χ0v) is 10.2. The maximum absolute atomic E-state index is 11.3. The summed E-state index contributed by atoms with van der Waals surface area (Å²) in [6.45, 7) is 6.33. The molecule has 1 aliphatic heterocycles. The van der Waals surface area contributed by atoms with E-state index in [2.05, 4.69) is 5.32 Å². The molecule has 0 aromatic rings. The second-order valence-corrected chi connectivity index (χ2v) is 4.64. The van der Waals surface area contributed by atoms with Crippen LogP contribution >= 0.6 is 0 Å². The van der Waals surface area contributed by atoms with E-state index < -0.39 is 11.9 Å². The summed E-state index contributed by atoms with van der Waals surface area (Å²) >= 11 is 0. The van der Waals surface area contributed by atoms with Crippen molar-refractivity contribution in [2.24, 2.45) is 0 Å². The monoisotopic (exact) mass is 231 g/mol. The lowest BCUT2D eigenvalue weighted by molar-refractivity contribution is -0.139. The summed E-state index contributed by atoms with van der Waals surface area (Å²) in [5.74, 6) is -0.608. The molecule has 1 rings (SSSR count). The average molecular weight is 231 g/mol. The van der Waals surface area contributed by atoms with Crippen LogP contribution in [-0.4, -0.2) is 42.2 Å². The summed E-state index contributed by atoms with van der Waals surface area (Å²) in [5.41, 5.74) is 0. The molecule has 1 saturated heterocycles. The second kappa shape index (κ2) is 5.61. The van der Waals surface area contributed by atoms with E-state index in [1.165, 1.54) is 0 Å². The molecule has 94 valence electrons. The van der Waals surface area contributed by atoms with Crippen LogP contribution in [0.4, 0.5) is 0 Å². The molecule has 2 unspecified atom stereocenters. The number of carbonyl (C=O) groups is 1. The quantitative estimate of drug-likeness (QED) is 0.719. The first kappa shape index (κ1) is 13.4. The van der Waals surface area contributed by atoms with E-state index in [-0.39, 0.29) is 12.0 Å². The van der Waals surface area contributed by atoms with Gasteiger partial charge in [-0.15, -0.1) is 0 Å². The molecule has 0 aromatic carbocycles. The van der Waals surface area contributed by atoms with Crippen molar-refractivity contribution in [3.63, 3.8) is 0 Å². The van der Waals surface area contributed by atoms with E-state index in [9.17, 15) is 4.79 Å². The summed E-state index contributed by atoms with van der Waals surface area (Å²) in [6, 6.07) is 0. The first-order valence-corrected chi connectivity index (χ1v) is 5.65. The van der Waals surface area contributed by atoms with Crippen LogP contribution in [0.2, 0.25) is 0 Å². The number of carbonyl (C=O) groups excluding carboxylic acids is 1. The van der Waals surface area contributed by atoms with Gasteiger partial charge >= 0.3 is 0 Å². The van der Waals surface area contributed by atoms with Gasteiger partial charge in [0.2, 0.25) is 5.91 Å². The highest BCUT2D eigenvalue weighted by Gasteiger charge is 2.32. The largest absolute Gasteiger partial charge is 0.393 e. The van der Waals surface area contributed by atoms with E-state index >= 15 is 0 Å². The van der Waals surface area contributed by atoms with Crippen LogP contribution in [0.15, 0.2) is 0 Å². The molecule has 2 N–H and O–H groups in total. The van der Waals surface area contributed by atoms with Gasteiger partial charge in [0, 0.05) is 13.0 Å². The van der Waals surface area contributed by atoms with Gasteiger partial charge in [-0.1, -0.05) is 0 Å². The average Bonchev–Trinajstić information content (AvgIpc) is 2.52. The molecule has 0 radical (unpaired) electrons. The molecule has 0 aliphatic carbocycles. The molecule has 0 spiro atoms. The first-order chi connectivity index (χ1) is 7.39. The van der Waals surface area contributed by atoms with E-state index in [4.69, 9.17) is 14.6 Å². The number of hydrogen-bond acceptors (Lipinski definition) is 4. The van der Waals surface area contributed by atoms with Gasteiger partial charge in [0.15, 0.2) is 5.79 Å². The van der Waals surface area contributed by atoms with E-state index in [1.54, 1.807) is 6.92 Å². The minimum absolute atomic E-state index is 0.0609. The van der Waals surface area contributed by atoms with Gasteiger partial charge in [-0.25, -0.2) is 0 Å². The van der Waals surface area contributed by atoms with Gasteiger partial charge in [0.1, 0.15) is 6.10 Å². The van der Waals surface area contributed by atoms with Gasteiger partial charge in [0.05, 0.1) is 12.7 Å². The Labute approximate surface area is 96.1 Å². The minimum atomic E-state index is -0.547. The molecule has 1 aliphatic rings. The number of aliphatic hydroxyl groups is 1. The van der Waals surface area contributed by atoms with Crippen molar-refractivity contribution in [2.75, 3.05) is 13.2 Å². The zero-order chi connectivity index (χ0) is 12.2. The molecule has 1 heterocycles. The lowest BCUT2D eigenvalue weighted by Crippen LogP contribution is -2.34. The Balaban J connectivity index is 2.13. The molecular weight excluding hydrogens is 210 g/mol. The lowest BCUT2D eigenvalue weighted by atomic mass is 10.2. The third-order valence-electron chi connectivity index (χ3n) is 2.38. The van der Waals surface area contributed by atoms with Crippen molar-refractivity contribution < 1.29 is 19.4 Å². The summed E-state index contributed by atoms with van der Waals surface area (Å²) in [6.07, 6.45) is 0.315. The van der Waals surface area contributed by atoms with Gasteiger partial charge in [-0.3, -0.25) is 4.79 Å². The van der Waals surface area contributed by atoms with Gasteiger partial charge in [-0.2, -0.15) is 0 Å².